The summed E-state index contributed by atoms with van der Waals surface area (Å²) in [7, 11) is 0. The number of nitrogens with one attached hydrogen (secondary N) is 1. The van der Waals surface area contributed by atoms with Crippen LogP contribution in [0.2, 0.25) is 0 Å². The minimum atomic E-state index is -0.477. The van der Waals surface area contributed by atoms with Gasteiger partial charge in [-0.1, -0.05) is 12.1 Å². The summed E-state index contributed by atoms with van der Waals surface area (Å²) in [6.45, 7) is 1.90. The zero-order valence-corrected chi connectivity index (χ0v) is 10.9. The maximum atomic E-state index is 12.1. The number of para-hydroxylation sites is 1. The number of esters is 1. The van der Waals surface area contributed by atoms with Crippen molar-refractivity contribution in [3.05, 3.63) is 29.8 Å². The van der Waals surface area contributed by atoms with E-state index >= 15 is 0 Å². The number of rotatable bonds is 6. The van der Waals surface area contributed by atoms with Gasteiger partial charge >= 0.3 is 5.97 Å². The summed E-state index contributed by atoms with van der Waals surface area (Å²) in [6, 6.07) is 6.94. The zero-order valence-electron chi connectivity index (χ0n) is 10.9. The first-order chi connectivity index (χ1) is 9.08. The molecule has 1 aromatic rings. The smallest absolute Gasteiger partial charge is 0.340 e. The molecule has 2 rings (SSSR count). The fourth-order valence-electron chi connectivity index (χ4n) is 1.89. The highest BCUT2D eigenvalue weighted by Gasteiger charge is 2.31. The number of hydrogen-bond donors (Lipinski definition) is 2. The number of primary amides is 1. The van der Waals surface area contributed by atoms with Crippen LogP contribution in [0.3, 0.4) is 0 Å². The summed E-state index contributed by atoms with van der Waals surface area (Å²) >= 11 is 0. The summed E-state index contributed by atoms with van der Waals surface area (Å²) in [5.74, 6) is -0.351. The van der Waals surface area contributed by atoms with Crippen molar-refractivity contribution >= 4 is 17.6 Å². The average molecular weight is 262 g/mol. The van der Waals surface area contributed by atoms with E-state index in [9.17, 15) is 9.59 Å². The van der Waals surface area contributed by atoms with E-state index in [1.807, 2.05) is 6.92 Å². The Morgan fingerprint density at radius 3 is 2.74 bits per heavy atom. The van der Waals surface area contributed by atoms with E-state index < -0.39 is 5.91 Å². The number of ether oxygens (including phenoxy) is 1. The Kier molecular flexibility index (Phi) is 4.04. The van der Waals surface area contributed by atoms with Crippen LogP contribution in [0, 0.1) is 5.92 Å². The van der Waals surface area contributed by atoms with Gasteiger partial charge in [0.1, 0.15) is 6.10 Å². The Balaban J connectivity index is 2.04. The second kappa shape index (κ2) is 5.73. The Morgan fingerprint density at radius 1 is 1.42 bits per heavy atom. The van der Waals surface area contributed by atoms with E-state index in [0.717, 1.165) is 12.8 Å². The number of hydrogen-bond acceptors (Lipinski definition) is 4. The van der Waals surface area contributed by atoms with Crippen molar-refractivity contribution in [2.24, 2.45) is 11.7 Å². The molecule has 0 heterocycles. The van der Waals surface area contributed by atoms with Gasteiger partial charge in [0.25, 0.3) is 0 Å². The van der Waals surface area contributed by atoms with Crippen LogP contribution in [0.15, 0.2) is 24.3 Å². The molecule has 0 aliphatic heterocycles. The molecule has 1 amide bonds. The molecule has 0 radical (unpaired) electrons. The molecule has 3 N–H and O–H groups in total. The van der Waals surface area contributed by atoms with Crippen molar-refractivity contribution in [2.75, 3.05) is 11.9 Å². The third-order valence-electron chi connectivity index (χ3n) is 3.18. The zero-order chi connectivity index (χ0) is 13.8. The van der Waals surface area contributed by atoms with Gasteiger partial charge in [-0.25, -0.2) is 4.79 Å². The number of carbonyl (C=O) groups excluding carboxylic acids is 2. The fourth-order valence-corrected chi connectivity index (χ4v) is 1.89. The first-order valence-corrected chi connectivity index (χ1v) is 6.40. The number of carbonyl (C=O) groups is 2. The molecule has 0 saturated heterocycles. The van der Waals surface area contributed by atoms with Crippen LogP contribution >= 0.6 is 0 Å². The molecule has 1 saturated carbocycles. The molecule has 0 bridgehead atoms. The second-order valence-corrected chi connectivity index (χ2v) is 4.81. The van der Waals surface area contributed by atoms with Crippen molar-refractivity contribution in [1.29, 1.82) is 0 Å². The van der Waals surface area contributed by atoms with Crippen LogP contribution in [0.25, 0.3) is 0 Å². The molecule has 1 unspecified atom stereocenters. The van der Waals surface area contributed by atoms with E-state index in [2.05, 4.69) is 5.32 Å². The van der Waals surface area contributed by atoms with E-state index in [1.54, 1.807) is 24.3 Å². The second-order valence-electron chi connectivity index (χ2n) is 4.81. The van der Waals surface area contributed by atoms with Gasteiger partial charge < -0.3 is 15.8 Å². The highest BCUT2D eigenvalue weighted by atomic mass is 16.5. The van der Waals surface area contributed by atoms with Gasteiger partial charge in [-0.15, -0.1) is 0 Å². The van der Waals surface area contributed by atoms with Crippen molar-refractivity contribution in [3.8, 4) is 0 Å². The third kappa shape index (κ3) is 3.71. The molecule has 0 aromatic heterocycles. The summed E-state index contributed by atoms with van der Waals surface area (Å²) < 4.78 is 5.41. The predicted octanol–water partition coefficient (Wildman–Crippen LogP) is 1.54. The van der Waals surface area contributed by atoms with Gasteiger partial charge in [-0.2, -0.15) is 0 Å². The maximum absolute atomic E-state index is 12.1. The van der Waals surface area contributed by atoms with Gasteiger partial charge in [0, 0.05) is 5.69 Å². The van der Waals surface area contributed by atoms with Crippen LogP contribution in [-0.4, -0.2) is 24.5 Å². The SMILES string of the molecule is CC(OC(=O)c1ccccc1NCC(N)=O)C1CC1. The molecule has 1 aliphatic carbocycles. The van der Waals surface area contributed by atoms with E-state index in [-0.39, 0.29) is 18.6 Å². The van der Waals surface area contributed by atoms with Crippen LogP contribution in [-0.2, 0) is 9.53 Å². The Morgan fingerprint density at radius 2 is 2.11 bits per heavy atom. The predicted molar refractivity (Wildman–Crippen MR) is 71.7 cm³/mol. The molecule has 1 atom stereocenters. The lowest BCUT2D eigenvalue weighted by atomic mass is 10.1. The number of amides is 1. The number of anilines is 1. The summed E-state index contributed by atoms with van der Waals surface area (Å²) in [5, 5.41) is 2.84. The monoisotopic (exact) mass is 262 g/mol. The molecular weight excluding hydrogens is 244 g/mol. The van der Waals surface area contributed by atoms with Crippen molar-refractivity contribution < 1.29 is 14.3 Å². The molecule has 102 valence electrons. The van der Waals surface area contributed by atoms with Crippen LogP contribution in [0.4, 0.5) is 5.69 Å². The van der Waals surface area contributed by atoms with E-state index in [4.69, 9.17) is 10.5 Å². The maximum Gasteiger partial charge on any atom is 0.340 e. The van der Waals surface area contributed by atoms with Crippen molar-refractivity contribution in [1.82, 2.24) is 0 Å². The molecule has 5 heteroatoms. The largest absolute Gasteiger partial charge is 0.459 e. The molecule has 19 heavy (non-hydrogen) atoms. The van der Waals surface area contributed by atoms with Gasteiger partial charge in [0.05, 0.1) is 12.1 Å². The van der Waals surface area contributed by atoms with Crippen molar-refractivity contribution in [3.63, 3.8) is 0 Å². The van der Waals surface area contributed by atoms with Gasteiger partial charge in [-0.05, 0) is 37.8 Å². The van der Waals surface area contributed by atoms with E-state index in [1.165, 1.54) is 0 Å². The molecule has 1 fully saturated rings. The molecule has 1 aliphatic rings. The normalized spacial score (nSPS) is 15.6. The van der Waals surface area contributed by atoms with Crippen LogP contribution in [0.1, 0.15) is 30.1 Å². The Hall–Kier alpha value is -2.04. The summed E-state index contributed by atoms with van der Waals surface area (Å²) in [6.07, 6.45) is 2.18. The highest BCUT2D eigenvalue weighted by Crippen LogP contribution is 2.34. The standard InChI is InChI=1S/C14H18N2O3/c1-9(10-6-7-10)19-14(18)11-4-2-3-5-12(11)16-8-13(15)17/h2-5,9-10,16H,6-8H2,1H3,(H2,15,17). The minimum absolute atomic E-state index is 0.0114. The lowest BCUT2D eigenvalue weighted by molar-refractivity contribution is -0.116. The van der Waals surface area contributed by atoms with Crippen LogP contribution in [0.5, 0.6) is 0 Å². The quantitative estimate of drug-likeness (QED) is 0.762. The van der Waals surface area contributed by atoms with E-state index in [0.29, 0.717) is 17.2 Å². The van der Waals surface area contributed by atoms with Gasteiger partial charge in [-0.3, -0.25) is 4.79 Å². The Bertz CT molecular complexity index is 483. The number of nitrogens with two attached hydrogens (primary N) is 1. The van der Waals surface area contributed by atoms with Gasteiger partial charge in [0.2, 0.25) is 5.91 Å². The van der Waals surface area contributed by atoms with Crippen LogP contribution < -0.4 is 11.1 Å². The lowest BCUT2D eigenvalue weighted by Crippen LogP contribution is -2.23. The fraction of sp³-hybridized carbons (Fsp3) is 0.429. The topological polar surface area (TPSA) is 81.4 Å². The lowest BCUT2D eigenvalue weighted by Gasteiger charge is -2.14. The summed E-state index contributed by atoms with van der Waals surface area (Å²) in [5.41, 5.74) is 6.07. The van der Waals surface area contributed by atoms with Crippen molar-refractivity contribution in [2.45, 2.75) is 25.9 Å². The summed E-state index contributed by atoms with van der Waals surface area (Å²) in [4.78, 5) is 22.8. The highest BCUT2D eigenvalue weighted by molar-refractivity contribution is 5.96. The Labute approximate surface area is 112 Å². The molecule has 1 aromatic carbocycles. The first kappa shape index (κ1) is 13.4. The average Bonchev–Trinajstić information content (AvgIpc) is 3.20. The third-order valence-corrected chi connectivity index (χ3v) is 3.18. The van der Waals surface area contributed by atoms with Gasteiger partial charge in [0.15, 0.2) is 0 Å². The molecule has 5 nitrogen and oxygen atoms in total. The minimum Gasteiger partial charge on any atom is -0.459 e. The first-order valence-electron chi connectivity index (χ1n) is 6.40. The number of benzene rings is 1. The molecular formula is C14H18N2O3. The molecule has 0 spiro atoms.